The van der Waals surface area contributed by atoms with Gasteiger partial charge in [-0.3, -0.25) is 0 Å². The maximum Gasteiger partial charge on any atom is 0.247 e. The number of aromatic nitrogens is 2. The molecule has 2 aromatic rings. The van der Waals surface area contributed by atoms with Crippen LogP contribution in [0.3, 0.4) is 0 Å². The second-order valence-corrected chi connectivity index (χ2v) is 4.66. The number of ether oxygens (including phenoxy) is 1. The Balaban J connectivity index is 2.43. The number of halogens is 3. The van der Waals surface area contributed by atoms with Gasteiger partial charge in [0.05, 0.1) is 10.7 Å². The van der Waals surface area contributed by atoms with Gasteiger partial charge in [-0.25, -0.2) is 4.98 Å². The maximum atomic E-state index is 5.98. The number of hydrogen-bond donors (Lipinski definition) is 1. The molecule has 0 atom stereocenters. The number of benzene rings is 1. The molecule has 2 rings (SSSR count). The summed E-state index contributed by atoms with van der Waals surface area (Å²) in [6.45, 7) is 1.70. The van der Waals surface area contributed by atoms with E-state index in [4.69, 9.17) is 45.3 Å². The molecule has 0 spiro atoms. The summed E-state index contributed by atoms with van der Waals surface area (Å²) in [5, 5.41) is 0.936. The van der Waals surface area contributed by atoms with Crippen molar-refractivity contribution < 1.29 is 4.74 Å². The summed E-state index contributed by atoms with van der Waals surface area (Å²) in [5.41, 5.74) is 6.63. The highest BCUT2D eigenvalue weighted by molar-refractivity contribution is 6.34. The lowest BCUT2D eigenvalue weighted by atomic mass is 10.3. The summed E-state index contributed by atoms with van der Waals surface area (Å²) in [7, 11) is 0. The first-order valence-corrected chi connectivity index (χ1v) is 6.03. The zero-order valence-electron chi connectivity index (χ0n) is 9.25. The third-order valence-electron chi connectivity index (χ3n) is 2.17. The van der Waals surface area contributed by atoms with E-state index in [-0.39, 0.29) is 11.2 Å². The third-order valence-corrected chi connectivity index (χ3v) is 2.89. The highest BCUT2D eigenvalue weighted by Crippen LogP contribution is 2.34. The molecule has 1 heterocycles. The van der Waals surface area contributed by atoms with Gasteiger partial charge in [0, 0.05) is 11.1 Å². The first-order valence-electron chi connectivity index (χ1n) is 4.90. The lowest BCUT2D eigenvalue weighted by Gasteiger charge is -2.10. The van der Waals surface area contributed by atoms with Crippen molar-refractivity contribution in [3.8, 4) is 11.6 Å². The maximum absolute atomic E-state index is 5.98. The fourth-order valence-corrected chi connectivity index (χ4v) is 1.78. The van der Waals surface area contributed by atoms with Gasteiger partial charge >= 0.3 is 0 Å². The Bertz CT molecular complexity index is 604. The summed E-state index contributed by atoms with van der Waals surface area (Å²) in [4.78, 5) is 7.81. The van der Waals surface area contributed by atoms with E-state index in [9.17, 15) is 0 Å². The number of nitrogens with two attached hydrogens (primary N) is 1. The zero-order valence-corrected chi connectivity index (χ0v) is 11.5. The van der Waals surface area contributed by atoms with Crippen LogP contribution in [-0.4, -0.2) is 9.97 Å². The van der Waals surface area contributed by atoms with Gasteiger partial charge in [-0.05, 0) is 30.7 Å². The molecule has 1 aromatic carbocycles. The Morgan fingerprint density at radius 3 is 2.61 bits per heavy atom. The number of nitrogen functional groups attached to an aromatic ring is 1. The van der Waals surface area contributed by atoms with Gasteiger partial charge in [0.15, 0.2) is 0 Å². The van der Waals surface area contributed by atoms with E-state index in [1.807, 2.05) is 0 Å². The highest BCUT2D eigenvalue weighted by atomic mass is 35.5. The largest absolute Gasteiger partial charge is 0.435 e. The van der Waals surface area contributed by atoms with E-state index >= 15 is 0 Å². The molecule has 0 aliphatic rings. The molecule has 2 N–H and O–H groups in total. The molecule has 1 aromatic heterocycles. The Morgan fingerprint density at radius 1 is 1.17 bits per heavy atom. The SMILES string of the molecule is Cc1nc(Cl)nc(Oc2cc(Cl)ccc2Cl)c1N. The molecule has 0 radical (unpaired) electrons. The van der Waals surface area contributed by atoms with Crippen molar-refractivity contribution in [2.45, 2.75) is 6.92 Å². The van der Waals surface area contributed by atoms with Crippen molar-refractivity contribution in [3.05, 3.63) is 39.2 Å². The van der Waals surface area contributed by atoms with Crippen LogP contribution < -0.4 is 10.5 Å². The molecule has 0 unspecified atom stereocenters. The van der Waals surface area contributed by atoms with Crippen LogP contribution in [0.15, 0.2) is 18.2 Å². The molecule has 0 saturated carbocycles. The van der Waals surface area contributed by atoms with Gasteiger partial charge in [-0.15, -0.1) is 0 Å². The predicted molar refractivity (Wildman–Crippen MR) is 72.7 cm³/mol. The van der Waals surface area contributed by atoms with E-state index in [1.54, 1.807) is 25.1 Å². The number of rotatable bonds is 2. The Hall–Kier alpha value is -1.23. The molecule has 0 fully saturated rings. The van der Waals surface area contributed by atoms with Crippen LogP contribution in [0.5, 0.6) is 11.6 Å². The van der Waals surface area contributed by atoms with Crippen LogP contribution in [-0.2, 0) is 0 Å². The normalized spacial score (nSPS) is 10.4. The lowest BCUT2D eigenvalue weighted by molar-refractivity contribution is 0.464. The molecule has 0 amide bonds. The van der Waals surface area contributed by atoms with Crippen molar-refractivity contribution in [1.29, 1.82) is 0 Å². The van der Waals surface area contributed by atoms with Crippen molar-refractivity contribution in [2.24, 2.45) is 0 Å². The van der Waals surface area contributed by atoms with E-state index in [1.165, 1.54) is 0 Å². The quantitative estimate of drug-likeness (QED) is 0.848. The molecular weight excluding hydrogens is 296 g/mol. The van der Waals surface area contributed by atoms with Crippen molar-refractivity contribution in [2.75, 3.05) is 5.73 Å². The smallest absolute Gasteiger partial charge is 0.247 e. The van der Waals surface area contributed by atoms with Crippen LogP contribution in [0.25, 0.3) is 0 Å². The van der Waals surface area contributed by atoms with Gasteiger partial charge in [0.1, 0.15) is 11.4 Å². The van der Waals surface area contributed by atoms with Gasteiger partial charge in [-0.2, -0.15) is 4.98 Å². The summed E-state index contributed by atoms with van der Waals surface area (Å²) in [6, 6.07) is 4.83. The second-order valence-electron chi connectivity index (χ2n) is 3.47. The van der Waals surface area contributed by atoms with E-state index in [2.05, 4.69) is 9.97 Å². The van der Waals surface area contributed by atoms with Crippen LogP contribution in [0, 0.1) is 6.92 Å². The third kappa shape index (κ3) is 2.77. The Morgan fingerprint density at radius 2 is 1.89 bits per heavy atom. The molecule has 4 nitrogen and oxygen atoms in total. The van der Waals surface area contributed by atoms with Crippen LogP contribution in [0.4, 0.5) is 5.69 Å². The fourth-order valence-electron chi connectivity index (χ4n) is 1.26. The average Bonchev–Trinajstić information content (AvgIpc) is 2.30. The zero-order chi connectivity index (χ0) is 13.3. The van der Waals surface area contributed by atoms with Crippen molar-refractivity contribution in [3.63, 3.8) is 0 Å². The van der Waals surface area contributed by atoms with Gasteiger partial charge in [-0.1, -0.05) is 23.2 Å². The first-order chi connectivity index (χ1) is 8.47. The molecule has 94 valence electrons. The van der Waals surface area contributed by atoms with Gasteiger partial charge < -0.3 is 10.5 Å². The Kier molecular flexibility index (Phi) is 3.80. The lowest BCUT2D eigenvalue weighted by Crippen LogP contribution is -2.01. The Labute approximate surface area is 119 Å². The standard InChI is InChI=1S/C11H8Cl3N3O/c1-5-9(15)10(17-11(14)16-5)18-8-4-6(12)2-3-7(8)13/h2-4H,15H2,1H3. The first kappa shape index (κ1) is 13.2. The fraction of sp³-hybridized carbons (Fsp3) is 0.0909. The minimum Gasteiger partial charge on any atom is -0.435 e. The minimum absolute atomic E-state index is 0.0508. The topological polar surface area (TPSA) is 61.0 Å². The second kappa shape index (κ2) is 5.18. The number of anilines is 1. The van der Waals surface area contributed by atoms with Crippen LogP contribution in [0.1, 0.15) is 5.69 Å². The monoisotopic (exact) mass is 303 g/mol. The van der Waals surface area contributed by atoms with Gasteiger partial charge in [0.2, 0.25) is 11.2 Å². The summed E-state index contributed by atoms with van der Waals surface area (Å²) in [5.74, 6) is 0.502. The summed E-state index contributed by atoms with van der Waals surface area (Å²) in [6.07, 6.45) is 0. The number of hydrogen-bond acceptors (Lipinski definition) is 4. The van der Waals surface area contributed by atoms with Crippen molar-refractivity contribution in [1.82, 2.24) is 9.97 Å². The van der Waals surface area contributed by atoms with E-state index in [0.29, 0.717) is 27.2 Å². The van der Waals surface area contributed by atoms with E-state index < -0.39 is 0 Å². The predicted octanol–water partition coefficient (Wildman–Crippen LogP) is 4.12. The van der Waals surface area contributed by atoms with Crippen LogP contribution >= 0.6 is 34.8 Å². The molecule has 0 aliphatic heterocycles. The van der Waals surface area contributed by atoms with Gasteiger partial charge in [0.25, 0.3) is 0 Å². The molecule has 0 aliphatic carbocycles. The van der Waals surface area contributed by atoms with Crippen LogP contribution in [0.2, 0.25) is 15.3 Å². The molecule has 18 heavy (non-hydrogen) atoms. The molecule has 0 saturated heterocycles. The van der Waals surface area contributed by atoms with Crippen molar-refractivity contribution >= 4 is 40.5 Å². The minimum atomic E-state index is 0.0508. The molecule has 7 heteroatoms. The number of nitrogens with zero attached hydrogens (tertiary/aromatic N) is 2. The highest BCUT2D eigenvalue weighted by Gasteiger charge is 2.12. The average molecular weight is 305 g/mol. The molecular formula is C11H8Cl3N3O. The van der Waals surface area contributed by atoms with E-state index in [0.717, 1.165) is 0 Å². The summed E-state index contributed by atoms with van der Waals surface area (Å²) < 4.78 is 5.51. The summed E-state index contributed by atoms with van der Waals surface area (Å²) >= 11 is 17.6. The molecule has 0 bridgehead atoms. The number of aryl methyl sites for hydroxylation is 1.